The van der Waals surface area contributed by atoms with Crippen LogP contribution >= 0.6 is 0 Å². The fourth-order valence-corrected chi connectivity index (χ4v) is 2.73. The third-order valence-corrected chi connectivity index (χ3v) is 3.87. The van der Waals surface area contributed by atoms with E-state index in [2.05, 4.69) is 39.7 Å². The third kappa shape index (κ3) is 2.88. The molecule has 0 aliphatic rings. The number of aromatic nitrogens is 6. The van der Waals surface area contributed by atoms with E-state index in [4.69, 9.17) is 5.84 Å². The molecule has 0 aliphatic carbocycles. The lowest BCUT2D eigenvalue weighted by molar-refractivity contribution is -0.743. The summed E-state index contributed by atoms with van der Waals surface area (Å²) in [5.74, 6) is 5.67. The first-order chi connectivity index (χ1) is 11.2. The van der Waals surface area contributed by atoms with Crippen molar-refractivity contribution in [3.8, 4) is 11.1 Å². The summed E-state index contributed by atoms with van der Waals surface area (Å²) in [6.45, 7) is 0.655. The summed E-state index contributed by atoms with van der Waals surface area (Å²) in [6, 6.07) is 14.5. The number of nitrogens with zero attached hydrogens (tertiary/aromatic N) is 6. The molecule has 0 aliphatic heterocycles. The van der Waals surface area contributed by atoms with Crippen LogP contribution in [0.4, 0.5) is 0 Å². The fraction of sp³-hybridized carbons (Fsp3) is 0.125. The number of aryl methyl sites for hydroxylation is 1. The summed E-state index contributed by atoms with van der Waals surface area (Å²) in [5, 5.41) is 12.4. The molecule has 7 nitrogen and oxygen atoms in total. The monoisotopic (exact) mass is 385 g/mol. The minimum atomic E-state index is 0. The van der Waals surface area contributed by atoms with Crippen LogP contribution in [0.2, 0.25) is 0 Å². The van der Waals surface area contributed by atoms with Crippen LogP contribution in [0.5, 0.6) is 0 Å². The van der Waals surface area contributed by atoms with Crippen molar-refractivity contribution in [1.82, 2.24) is 24.8 Å². The normalized spacial score (nSPS) is 10.7. The van der Waals surface area contributed by atoms with Crippen LogP contribution in [-0.2, 0) is 13.6 Å². The Morgan fingerprint density at radius 1 is 1.17 bits per heavy atom. The van der Waals surface area contributed by atoms with Gasteiger partial charge in [0.2, 0.25) is 6.33 Å². The first-order valence-corrected chi connectivity index (χ1v) is 7.27. The number of nitrogen functional groups attached to an aromatic ring is 1. The molecule has 0 amide bonds. The van der Waals surface area contributed by atoms with Crippen molar-refractivity contribution in [3.63, 3.8) is 0 Å². The molecule has 2 N–H and O–H groups in total. The maximum Gasteiger partial charge on any atom is 0.289 e. The number of hydrogen-bond acceptors (Lipinski definition) is 4. The molecule has 2 aromatic carbocycles. The molecule has 0 radical (unpaired) electrons. The van der Waals surface area contributed by atoms with Crippen molar-refractivity contribution in [1.29, 1.82) is 0 Å². The summed E-state index contributed by atoms with van der Waals surface area (Å²) >= 11 is 0. The Labute approximate surface area is 149 Å². The van der Waals surface area contributed by atoms with Crippen LogP contribution in [0.15, 0.2) is 55.1 Å². The molecule has 0 atom stereocenters. The molecule has 8 heteroatoms. The van der Waals surface area contributed by atoms with Gasteiger partial charge < -0.3 is 17.0 Å². The number of halogens is 1. The highest BCUT2D eigenvalue weighted by Gasteiger charge is 2.11. The Bertz CT molecular complexity index is 989. The van der Waals surface area contributed by atoms with Gasteiger partial charge in [0.25, 0.3) is 6.33 Å². The van der Waals surface area contributed by atoms with E-state index in [-0.39, 0.29) is 17.0 Å². The zero-order valence-corrected chi connectivity index (χ0v) is 14.6. The van der Waals surface area contributed by atoms with Gasteiger partial charge >= 0.3 is 0 Å². The molecule has 0 spiro atoms. The SMILES string of the molecule is Cn1nnc2ccc(-c3ccccc3C[n+]3cn(N)cn3)cc21.[Br-]. The van der Waals surface area contributed by atoms with Crippen LogP contribution < -0.4 is 27.5 Å². The molecule has 4 aromatic rings. The van der Waals surface area contributed by atoms with Crippen molar-refractivity contribution in [3.05, 3.63) is 60.7 Å². The molecule has 0 bridgehead atoms. The maximum atomic E-state index is 5.67. The van der Waals surface area contributed by atoms with Gasteiger partial charge in [-0.3, -0.25) is 5.84 Å². The standard InChI is InChI=1S/C16H16N7.BrH/c1-21-16-8-12(6-7-15(16)19-20-21)14-5-3-2-4-13(14)9-23-11-22(17)10-18-23;/h2-8,10-11H,9,17H2,1H3;1H/q+1;/p-1. The van der Waals surface area contributed by atoms with Crippen LogP contribution in [0.3, 0.4) is 0 Å². The summed E-state index contributed by atoms with van der Waals surface area (Å²) in [4.78, 5) is 0. The minimum Gasteiger partial charge on any atom is -1.00 e. The Balaban J connectivity index is 0.00000169. The molecule has 122 valence electrons. The number of fused-ring (bicyclic) bond motifs is 1. The summed E-state index contributed by atoms with van der Waals surface area (Å²) < 4.78 is 5.03. The predicted octanol–water partition coefficient (Wildman–Crippen LogP) is -2.11. The molecule has 24 heavy (non-hydrogen) atoms. The molecular weight excluding hydrogens is 370 g/mol. The average molecular weight is 386 g/mol. The summed E-state index contributed by atoms with van der Waals surface area (Å²) in [5.41, 5.74) is 5.37. The van der Waals surface area contributed by atoms with Gasteiger partial charge in [0.1, 0.15) is 12.1 Å². The second kappa shape index (κ2) is 6.40. The first kappa shape index (κ1) is 16.1. The van der Waals surface area contributed by atoms with Crippen LogP contribution in [0.25, 0.3) is 22.2 Å². The van der Waals surface area contributed by atoms with E-state index >= 15 is 0 Å². The Kier molecular flexibility index (Phi) is 4.30. The van der Waals surface area contributed by atoms with Crippen LogP contribution in [0, 0.1) is 0 Å². The lowest BCUT2D eigenvalue weighted by Crippen LogP contribution is -3.00. The largest absolute Gasteiger partial charge is 1.00 e. The Hall–Kier alpha value is -2.74. The van der Waals surface area contributed by atoms with E-state index in [1.165, 1.54) is 10.2 Å². The van der Waals surface area contributed by atoms with Gasteiger partial charge in [0, 0.05) is 12.6 Å². The Morgan fingerprint density at radius 3 is 2.79 bits per heavy atom. The van der Waals surface area contributed by atoms with E-state index < -0.39 is 0 Å². The van der Waals surface area contributed by atoms with Crippen LogP contribution in [-0.4, -0.2) is 24.8 Å². The average Bonchev–Trinajstić information content (AvgIpc) is 3.14. The van der Waals surface area contributed by atoms with Crippen molar-refractivity contribution >= 4 is 11.0 Å². The van der Waals surface area contributed by atoms with Crippen molar-refractivity contribution in [2.24, 2.45) is 7.05 Å². The number of hydrogen-bond donors (Lipinski definition) is 1. The number of nitrogens with two attached hydrogens (primary N) is 1. The highest BCUT2D eigenvalue weighted by Crippen LogP contribution is 2.26. The minimum absolute atomic E-state index is 0. The van der Waals surface area contributed by atoms with Crippen molar-refractivity contribution in [2.45, 2.75) is 6.54 Å². The first-order valence-electron chi connectivity index (χ1n) is 7.27. The lowest BCUT2D eigenvalue weighted by Gasteiger charge is -2.08. The van der Waals surface area contributed by atoms with Crippen LogP contribution in [0.1, 0.15) is 5.56 Å². The van der Waals surface area contributed by atoms with Gasteiger partial charge in [-0.1, -0.05) is 35.5 Å². The highest BCUT2D eigenvalue weighted by atomic mass is 79.9. The smallest absolute Gasteiger partial charge is 0.289 e. The van der Waals surface area contributed by atoms with E-state index in [0.29, 0.717) is 6.54 Å². The van der Waals surface area contributed by atoms with Gasteiger partial charge in [-0.05, 0) is 28.4 Å². The molecule has 0 unspecified atom stereocenters. The molecular formula is C16H16BrN7. The third-order valence-electron chi connectivity index (χ3n) is 3.87. The fourth-order valence-electron chi connectivity index (χ4n) is 2.73. The lowest BCUT2D eigenvalue weighted by atomic mass is 9.99. The quantitative estimate of drug-likeness (QED) is 0.323. The summed E-state index contributed by atoms with van der Waals surface area (Å²) in [7, 11) is 1.90. The molecule has 0 saturated carbocycles. The second-order valence-corrected chi connectivity index (χ2v) is 5.46. The topological polar surface area (TPSA) is 78.4 Å². The molecule has 0 fully saturated rings. The predicted molar refractivity (Wildman–Crippen MR) is 85.6 cm³/mol. The number of benzene rings is 2. The second-order valence-electron chi connectivity index (χ2n) is 5.46. The zero-order chi connectivity index (χ0) is 15.8. The van der Waals surface area contributed by atoms with Gasteiger partial charge in [0.05, 0.1) is 5.52 Å². The van der Waals surface area contributed by atoms with Gasteiger partial charge in [-0.25, -0.2) is 4.68 Å². The van der Waals surface area contributed by atoms with E-state index in [9.17, 15) is 0 Å². The molecule has 0 saturated heterocycles. The van der Waals surface area contributed by atoms with E-state index in [1.807, 2.05) is 29.9 Å². The van der Waals surface area contributed by atoms with Gasteiger partial charge in [0.15, 0.2) is 0 Å². The van der Waals surface area contributed by atoms with Crippen molar-refractivity contribution in [2.75, 3.05) is 5.84 Å². The van der Waals surface area contributed by atoms with Gasteiger partial charge in [-0.2, -0.15) is 0 Å². The Morgan fingerprint density at radius 2 is 2.00 bits per heavy atom. The zero-order valence-electron chi connectivity index (χ0n) is 13.0. The van der Waals surface area contributed by atoms with Gasteiger partial charge in [-0.15, -0.1) is 14.5 Å². The van der Waals surface area contributed by atoms with E-state index in [1.54, 1.807) is 17.3 Å². The van der Waals surface area contributed by atoms with Crippen molar-refractivity contribution < 1.29 is 21.7 Å². The number of rotatable bonds is 3. The molecule has 2 heterocycles. The highest BCUT2D eigenvalue weighted by molar-refractivity contribution is 5.82. The molecule has 4 rings (SSSR count). The maximum absolute atomic E-state index is 5.67. The van der Waals surface area contributed by atoms with E-state index in [0.717, 1.165) is 22.2 Å². The molecule has 2 aromatic heterocycles. The summed E-state index contributed by atoms with van der Waals surface area (Å²) in [6.07, 6.45) is 3.33.